The zero-order valence-corrected chi connectivity index (χ0v) is 12.3. The Bertz CT molecular complexity index is 840. The van der Waals surface area contributed by atoms with Crippen molar-refractivity contribution >= 4 is 11.0 Å². The maximum Gasteiger partial charge on any atom is 0.333 e. The van der Waals surface area contributed by atoms with Crippen LogP contribution in [0.15, 0.2) is 15.8 Å². The number of nitrogens with zero attached hydrogens (tertiary/aromatic N) is 3. The van der Waals surface area contributed by atoms with Crippen molar-refractivity contribution in [3.05, 3.63) is 32.6 Å². The highest BCUT2D eigenvalue weighted by Crippen LogP contribution is 2.25. The molecule has 0 unspecified atom stereocenters. The second kappa shape index (κ2) is 5.83. The first-order valence-corrected chi connectivity index (χ1v) is 6.74. The van der Waals surface area contributed by atoms with Crippen LogP contribution in [0.1, 0.15) is 19.4 Å². The van der Waals surface area contributed by atoms with Crippen molar-refractivity contribution in [1.82, 2.24) is 14.1 Å². The highest BCUT2D eigenvalue weighted by atomic mass is 16.5. The fourth-order valence-electron chi connectivity index (χ4n) is 2.26. The Morgan fingerprint density at radius 1 is 1.38 bits per heavy atom. The van der Waals surface area contributed by atoms with Crippen LogP contribution in [-0.4, -0.2) is 20.7 Å². The maximum atomic E-state index is 12.6. The normalized spacial score (nSPS) is 10.6. The molecule has 6 nitrogen and oxygen atoms in total. The van der Waals surface area contributed by atoms with Gasteiger partial charge in [0.15, 0.2) is 5.65 Å². The first kappa shape index (κ1) is 14.9. The van der Waals surface area contributed by atoms with E-state index in [1.807, 2.05) is 13.8 Å². The fraction of sp³-hybridized carbons (Fsp3) is 0.400. The quantitative estimate of drug-likeness (QED) is 0.776. The first-order valence-electron chi connectivity index (χ1n) is 6.74. The van der Waals surface area contributed by atoms with E-state index in [9.17, 15) is 9.59 Å². The Balaban J connectivity index is 3.02. The lowest BCUT2D eigenvalue weighted by Gasteiger charge is -2.14. The molecule has 0 atom stereocenters. The first-order chi connectivity index (χ1) is 10.1. The van der Waals surface area contributed by atoms with Crippen LogP contribution >= 0.6 is 0 Å². The largest absolute Gasteiger partial charge is 0.493 e. The summed E-state index contributed by atoms with van der Waals surface area (Å²) in [5.74, 6) is 2.81. The van der Waals surface area contributed by atoms with E-state index in [1.165, 1.54) is 4.57 Å². The summed E-state index contributed by atoms with van der Waals surface area (Å²) in [7, 11) is 1.56. The number of aryl methyl sites for hydroxylation is 2. The molecule has 0 aliphatic heterocycles. The predicted octanol–water partition coefficient (Wildman–Crippen LogP) is 0.690. The SMILES string of the molecule is C#CCn1c(=O)c2c(OCC)c(CC)cnc2n(C)c1=O. The molecule has 6 heteroatoms. The van der Waals surface area contributed by atoms with Gasteiger partial charge in [-0.3, -0.25) is 9.36 Å². The molecule has 0 radical (unpaired) electrons. The average molecular weight is 287 g/mol. The van der Waals surface area contributed by atoms with E-state index in [4.69, 9.17) is 11.2 Å². The number of hydrogen-bond acceptors (Lipinski definition) is 4. The van der Waals surface area contributed by atoms with Gasteiger partial charge in [0.25, 0.3) is 5.56 Å². The molecule has 2 aromatic heterocycles. The van der Waals surface area contributed by atoms with E-state index >= 15 is 0 Å². The summed E-state index contributed by atoms with van der Waals surface area (Å²) in [6, 6.07) is 0. The lowest BCUT2D eigenvalue weighted by atomic mass is 10.1. The Kier molecular flexibility index (Phi) is 4.13. The van der Waals surface area contributed by atoms with Crippen LogP contribution in [0.5, 0.6) is 5.75 Å². The van der Waals surface area contributed by atoms with Gasteiger partial charge in [-0.1, -0.05) is 12.8 Å². The molecule has 0 saturated carbocycles. The highest BCUT2D eigenvalue weighted by molar-refractivity contribution is 5.82. The third-order valence-corrected chi connectivity index (χ3v) is 3.30. The Morgan fingerprint density at radius 2 is 2.10 bits per heavy atom. The second-order valence-corrected chi connectivity index (χ2v) is 4.53. The number of aromatic nitrogens is 3. The summed E-state index contributed by atoms with van der Waals surface area (Å²) in [5, 5.41) is 0.300. The highest BCUT2D eigenvalue weighted by Gasteiger charge is 2.18. The van der Waals surface area contributed by atoms with Gasteiger partial charge in [0.05, 0.1) is 13.2 Å². The molecule has 110 valence electrons. The molecule has 2 heterocycles. The molecule has 0 spiro atoms. The molecule has 0 N–H and O–H groups in total. The molecule has 0 aliphatic rings. The number of terminal acetylenes is 1. The zero-order valence-electron chi connectivity index (χ0n) is 12.3. The van der Waals surface area contributed by atoms with Crippen LogP contribution in [0.4, 0.5) is 0 Å². The van der Waals surface area contributed by atoms with Crippen LogP contribution in [0.25, 0.3) is 11.0 Å². The molecule has 0 bridgehead atoms. The van der Waals surface area contributed by atoms with Gasteiger partial charge in [-0.05, 0) is 13.3 Å². The van der Waals surface area contributed by atoms with Gasteiger partial charge in [0.1, 0.15) is 11.1 Å². The third-order valence-electron chi connectivity index (χ3n) is 3.30. The standard InChI is InChI=1S/C15H17N3O3/c1-5-8-18-14(19)11-12(21-7-3)10(6-2)9-16-13(11)17(4)15(18)20/h1,9H,6-8H2,2-4H3. The van der Waals surface area contributed by atoms with Crippen molar-refractivity contribution in [2.75, 3.05) is 6.61 Å². The molecule has 0 aromatic carbocycles. The third kappa shape index (κ3) is 2.31. The monoisotopic (exact) mass is 287 g/mol. The number of hydrogen-bond donors (Lipinski definition) is 0. The Hall–Kier alpha value is -2.55. The van der Waals surface area contributed by atoms with Crippen molar-refractivity contribution in [3.8, 4) is 18.1 Å². The molecule has 0 fully saturated rings. The molecule has 2 aromatic rings. The number of ether oxygens (including phenoxy) is 1. The van der Waals surface area contributed by atoms with Crippen molar-refractivity contribution in [1.29, 1.82) is 0 Å². The lowest BCUT2D eigenvalue weighted by Crippen LogP contribution is -2.39. The van der Waals surface area contributed by atoms with Gasteiger partial charge in [0.2, 0.25) is 0 Å². The smallest absolute Gasteiger partial charge is 0.333 e. The number of rotatable bonds is 4. The molecule has 2 rings (SSSR count). The summed E-state index contributed by atoms with van der Waals surface area (Å²) in [5.41, 5.74) is 0.188. The zero-order chi connectivity index (χ0) is 15.6. The lowest BCUT2D eigenvalue weighted by molar-refractivity contribution is 0.340. The minimum Gasteiger partial charge on any atom is -0.493 e. The van der Waals surface area contributed by atoms with Gasteiger partial charge < -0.3 is 4.74 Å². The van der Waals surface area contributed by atoms with E-state index in [2.05, 4.69) is 10.9 Å². The molecular formula is C15H17N3O3. The van der Waals surface area contributed by atoms with Gasteiger partial charge in [-0.15, -0.1) is 6.42 Å². The summed E-state index contributed by atoms with van der Waals surface area (Å²) in [6.45, 7) is 4.13. The van der Waals surface area contributed by atoms with E-state index in [1.54, 1.807) is 13.2 Å². The summed E-state index contributed by atoms with van der Waals surface area (Å²) in [6.07, 6.45) is 7.55. The van der Waals surface area contributed by atoms with Gasteiger partial charge in [0, 0.05) is 18.8 Å². The van der Waals surface area contributed by atoms with Crippen molar-refractivity contribution in [2.45, 2.75) is 26.8 Å². The molecule has 21 heavy (non-hydrogen) atoms. The van der Waals surface area contributed by atoms with Crippen LogP contribution in [-0.2, 0) is 20.0 Å². The van der Waals surface area contributed by atoms with Crippen LogP contribution in [0, 0.1) is 12.3 Å². The van der Waals surface area contributed by atoms with Crippen molar-refractivity contribution < 1.29 is 4.74 Å². The topological polar surface area (TPSA) is 66.1 Å². The fourth-order valence-corrected chi connectivity index (χ4v) is 2.26. The average Bonchev–Trinajstić information content (AvgIpc) is 2.49. The van der Waals surface area contributed by atoms with Crippen LogP contribution in [0.3, 0.4) is 0 Å². The minimum absolute atomic E-state index is 0.0800. The van der Waals surface area contributed by atoms with Crippen LogP contribution in [0.2, 0.25) is 0 Å². The van der Waals surface area contributed by atoms with Gasteiger partial charge in [-0.25, -0.2) is 14.3 Å². The van der Waals surface area contributed by atoms with E-state index in [0.29, 0.717) is 29.8 Å². The molecular weight excluding hydrogens is 270 g/mol. The molecule has 0 aliphatic carbocycles. The van der Waals surface area contributed by atoms with E-state index in [-0.39, 0.29) is 6.54 Å². The summed E-state index contributed by atoms with van der Waals surface area (Å²) < 4.78 is 7.96. The van der Waals surface area contributed by atoms with Crippen molar-refractivity contribution in [2.24, 2.45) is 7.05 Å². The summed E-state index contributed by atoms with van der Waals surface area (Å²) in [4.78, 5) is 29.0. The molecule has 0 saturated heterocycles. The van der Waals surface area contributed by atoms with Crippen molar-refractivity contribution in [3.63, 3.8) is 0 Å². The Labute approximate surface area is 122 Å². The van der Waals surface area contributed by atoms with Gasteiger partial charge >= 0.3 is 5.69 Å². The minimum atomic E-state index is -0.482. The maximum absolute atomic E-state index is 12.6. The predicted molar refractivity (Wildman–Crippen MR) is 80.6 cm³/mol. The van der Waals surface area contributed by atoms with E-state index < -0.39 is 11.2 Å². The number of fused-ring (bicyclic) bond motifs is 1. The summed E-state index contributed by atoms with van der Waals surface area (Å²) >= 11 is 0. The number of pyridine rings is 1. The van der Waals surface area contributed by atoms with Gasteiger partial charge in [-0.2, -0.15) is 0 Å². The van der Waals surface area contributed by atoms with E-state index in [0.717, 1.165) is 10.1 Å². The van der Waals surface area contributed by atoms with Crippen LogP contribution < -0.4 is 16.0 Å². The molecule has 0 amide bonds. The Morgan fingerprint density at radius 3 is 2.67 bits per heavy atom. The second-order valence-electron chi connectivity index (χ2n) is 4.53.